The number of benzene rings is 2. The van der Waals surface area contributed by atoms with Gasteiger partial charge in [-0.25, -0.2) is 0 Å². The summed E-state index contributed by atoms with van der Waals surface area (Å²) in [4.78, 5) is 10.1. The second kappa shape index (κ2) is 4.50. The van der Waals surface area contributed by atoms with Crippen LogP contribution in [-0.4, -0.2) is 11.4 Å². The summed E-state index contributed by atoms with van der Waals surface area (Å²) < 4.78 is 0. The van der Waals surface area contributed by atoms with Crippen LogP contribution in [0.5, 0.6) is 5.75 Å². The molecule has 0 aliphatic heterocycles. The summed E-state index contributed by atoms with van der Waals surface area (Å²) in [5, 5.41) is 11.3. The van der Waals surface area contributed by atoms with Crippen LogP contribution in [0.25, 0.3) is 10.8 Å². The van der Waals surface area contributed by atoms with Crippen molar-refractivity contribution in [1.82, 2.24) is 0 Å². The first-order chi connectivity index (χ1) is 7.79. The van der Waals surface area contributed by atoms with E-state index in [1.807, 2.05) is 24.3 Å². The molecule has 0 aliphatic carbocycles. The van der Waals surface area contributed by atoms with E-state index in [0.29, 0.717) is 0 Å². The molecule has 0 spiro atoms. The summed E-state index contributed by atoms with van der Waals surface area (Å²) in [6, 6.07) is 10.9. The van der Waals surface area contributed by atoms with Crippen molar-refractivity contribution in [2.75, 3.05) is 0 Å². The van der Waals surface area contributed by atoms with E-state index < -0.39 is 0 Å². The lowest BCUT2D eigenvalue weighted by Gasteiger charge is -1.99. The van der Waals surface area contributed by atoms with Gasteiger partial charge in [0, 0.05) is 5.56 Å². The fourth-order valence-electron chi connectivity index (χ4n) is 1.51. The van der Waals surface area contributed by atoms with Gasteiger partial charge in [-0.2, -0.15) is 0 Å². The van der Waals surface area contributed by atoms with Crippen molar-refractivity contribution < 1.29 is 9.90 Å². The van der Waals surface area contributed by atoms with Crippen molar-refractivity contribution in [2.24, 2.45) is 0 Å². The van der Waals surface area contributed by atoms with Gasteiger partial charge in [0.05, 0.1) is 6.42 Å². The number of phenols is 1. The molecule has 0 heterocycles. The summed E-state index contributed by atoms with van der Waals surface area (Å²) in [6.07, 6.45) is 1.04. The first-order valence-corrected chi connectivity index (χ1v) is 4.95. The number of phenolic OH excluding ortho intramolecular Hbond substituents is 1. The van der Waals surface area contributed by atoms with E-state index in [-0.39, 0.29) is 12.2 Å². The Kier molecular flexibility index (Phi) is 2.88. The zero-order valence-electron chi connectivity index (χ0n) is 8.60. The number of fused-ring (bicyclic) bond motifs is 1. The number of carbonyl (C=O) groups excluding carboxylic acids is 1. The highest BCUT2D eigenvalue weighted by Crippen LogP contribution is 2.20. The predicted octanol–water partition coefficient (Wildman–Crippen LogP) is 2.49. The maximum atomic E-state index is 10.1. The first-order valence-electron chi connectivity index (χ1n) is 4.95. The third-order valence-electron chi connectivity index (χ3n) is 2.24. The molecule has 0 saturated carbocycles. The lowest BCUT2D eigenvalue weighted by Crippen LogP contribution is -1.77. The van der Waals surface area contributed by atoms with E-state index in [1.54, 1.807) is 12.1 Å². The van der Waals surface area contributed by atoms with Gasteiger partial charge < -0.3 is 9.90 Å². The van der Waals surface area contributed by atoms with Crippen molar-refractivity contribution in [1.29, 1.82) is 0 Å². The van der Waals surface area contributed by atoms with Gasteiger partial charge in [0.15, 0.2) is 0 Å². The van der Waals surface area contributed by atoms with E-state index in [1.165, 1.54) is 0 Å². The van der Waals surface area contributed by atoms with E-state index >= 15 is 0 Å². The summed E-state index contributed by atoms with van der Waals surface area (Å²) in [6.45, 7) is 0. The quantitative estimate of drug-likeness (QED) is 0.580. The van der Waals surface area contributed by atoms with Crippen LogP contribution in [0.3, 0.4) is 0 Å². The van der Waals surface area contributed by atoms with E-state index in [2.05, 4.69) is 11.8 Å². The van der Waals surface area contributed by atoms with Crippen LogP contribution in [0.15, 0.2) is 36.4 Å². The molecule has 0 amide bonds. The van der Waals surface area contributed by atoms with Crippen molar-refractivity contribution in [2.45, 2.75) is 6.42 Å². The van der Waals surface area contributed by atoms with Crippen molar-refractivity contribution in [3.8, 4) is 17.6 Å². The zero-order chi connectivity index (χ0) is 11.4. The van der Waals surface area contributed by atoms with Crippen LogP contribution in [0.2, 0.25) is 0 Å². The van der Waals surface area contributed by atoms with Gasteiger partial charge >= 0.3 is 0 Å². The SMILES string of the molecule is O=CCC#Cc1ccc2cc(O)ccc2c1. The third kappa shape index (κ3) is 2.21. The highest BCUT2D eigenvalue weighted by atomic mass is 16.3. The molecule has 2 heteroatoms. The monoisotopic (exact) mass is 210 g/mol. The first kappa shape index (κ1) is 10.3. The second-order valence-corrected chi connectivity index (χ2v) is 3.42. The molecule has 2 aromatic carbocycles. The Morgan fingerprint density at radius 2 is 1.88 bits per heavy atom. The molecule has 16 heavy (non-hydrogen) atoms. The van der Waals surface area contributed by atoms with Crippen LogP contribution in [-0.2, 0) is 4.79 Å². The van der Waals surface area contributed by atoms with Gasteiger partial charge in [0.1, 0.15) is 12.0 Å². The molecule has 2 aromatic rings. The molecule has 0 saturated heterocycles. The maximum absolute atomic E-state index is 10.1. The van der Waals surface area contributed by atoms with Crippen LogP contribution < -0.4 is 0 Å². The highest BCUT2D eigenvalue weighted by Gasteiger charge is 1.95. The van der Waals surface area contributed by atoms with Crippen molar-refractivity contribution in [3.63, 3.8) is 0 Å². The molecule has 0 bridgehead atoms. The molecule has 0 unspecified atom stereocenters. The van der Waals surface area contributed by atoms with E-state index in [4.69, 9.17) is 0 Å². The van der Waals surface area contributed by atoms with Crippen molar-refractivity contribution in [3.05, 3.63) is 42.0 Å². The standard InChI is InChI=1S/C14H10O2/c15-8-2-1-3-11-4-5-13-10-14(16)7-6-12(13)9-11/h4-10,16H,2H2. The number of hydrogen-bond donors (Lipinski definition) is 1. The summed E-state index contributed by atoms with van der Waals surface area (Å²) >= 11 is 0. The van der Waals surface area contributed by atoms with Gasteiger partial charge in [-0.3, -0.25) is 0 Å². The molecular formula is C14H10O2. The van der Waals surface area contributed by atoms with Gasteiger partial charge in [-0.05, 0) is 35.0 Å². The Morgan fingerprint density at radius 3 is 2.69 bits per heavy atom. The lowest BCUT2D eigenvalue weighted by atomic mass is 10.1. The Labute approximate surface area is 93.5 Å². The molecule has 0 atom stereocenters. The fraction of sp³-hybridized carbons (Fsp3) is 0.0714. The zero-order valence-corrected chi connectivity index (χ0v) is 8.60. The maximum Gasteiger partial charge on any atom is 0.131 e. The van der Waals surface area contributed by atoms with Gasteiger partial charge in [0.25, 0.3) is 0 Å². The number of aromatic hydroxyl groups is 1. The Balaban J connectivity index is 2.42. The van der Waals surface area contributed by atoms with Crippen LogP contribution in [0.4, 0.5) is 0 Å². The van der Waals surface area contributed by atoms with Crippen LogP contribution in [0, 0.1) is 11.8 Å². The summed E-state index contributed by atoms with van der Waals surface area (Å²) in [7, 11) is 0. The minimum atomic E-state index is 0.257. The molecule has 0 fully saturated rings. The van der Waals surface area contributed by atoms with Gasteiger partial charge in [0.2, 0.25) is 0 Å². The molecule has 2 rings (SSSR count). The van der Waals surface area contributed by atoms with Crippen LogP contribution in [0.1, 0.15) is 12.0 Å². The molecule has 2 nitrogen and oxygen atoms in total. The minimum absolute atomic E-state index is 0.257. The fourth-order valence-corrected chi connectivity index (χ4v) is 1.51. The molecule has 0 aromatic heterocycles. The normalized spacial score (nSPS) is 9.50. The average molecular weight is 210 g/mol. The smallest absolute Gasteiger partial charge is 0.131 e. The number of aldehydes is 1. The van der Waals surface area contributed by atoms with Crippen molar-refractivity contribution >= 4 is 17.1 Å². The molecular weight excluding hydrogens is 200 g/mol. The van der Waals surface area contributed by atoms with Gasteiger partial charge in [-0.15, -0.1) is 0 Å². The Morgan fingerprint density at radius 1 is 1.12 bits per heavy atom. The van der Waals surface area contributed by atoms with Crippen LogP contribution >= 0.6 is 0 Å². The number of carbonyl (C=O) groups is 1. The highest BCUT2D eigenvalue weighted by molar-refractivity contribution is 5.85. The van der Waals surface area contributed by atoms with E-state index in [9.17, 15) is 9.90 Å². The van der Waals surface area contributed by atoms with E-state index in [0.717, 1.165) is 22.6 Å². The minimum Gasteiger partial charge on any atom is -0.508 e. The molecule has 0 radical (unpaired) electrons. The second-order valence-electron chi connectivity index (χ2n) is 3.42. The molecule has 1 N–H and O–H groups in total. The largest absolute Gasteiger partial charge is 0.508 e. The number of hydrogen-bond acceptors (Lipinski definition) is 2. The predicted molar refractivity (Wildman–Crippen MR) is 63.2 cm³/mol. The molecule has 0 aliphatic rings. The Bertz CT molecular complexity index is 588. The number of rotatable bonds is 1. The van der Waals surface area contributed by atoms with Gasteiger partial charge in [-0.1, -0.05) is 24.0 Å². The average Bonchev–Trinajstić information content (AvgIpc) is 2.29. The third-order valence-corrected chi connectivity index (χ3v) is 2.24. The topological polar surface area (TPSA) is 37.3 Å². The molecule has 78 valence electrons. The summed E-state index contributed by atoms with van der Waals surface area (Å²) in [5.74, 6) is 5.93. The summed E-state index contributed by atoms with van der Waals surface area (Å²) in [5.41, 5.74) is 0.875. The lowest BCUT2D eigenvalue weighted by molar-refractivity contribution is -0.107. The Hall–Kier alpha value is -2.27.